The van der Waals surface area contributed by atoms with Crippen LogP contribution < -0.4 is 10.1 Å². The van der Waals surface area contributed by atoms with Crippen molar-refractivity contribution in [2.45, 2.75) is 31.5 Å². The molecule has 0 spiro atoms. The molecule has 0 fully saturated rings. The van der Waals surface area contributed by atoms with Crippen LogP contribution in [0.25, 0.3) is 5.69 Å². The molecule has 2 aromatic carbocycles. The highest BCUT2D eigenvalue weighted by molar-refractivity contribution is 8.00. The van der Waals surface area contributed by atoms with Crippen LogP contribution >= 0.6 is 11.8 Å². The zero-order valence-corrected chi connectivity index (χ0v) is 18.1. The standard InChI is InChI=1S/C22H22F3N3O2S/c1-14-10-15(2)28(27-14)17-5-4-16(20(11-17)22(23,24)25)12-26-21(29)13-31-19-8-6-18(30-3)7-9-19/h4-11H,12-13H2,1-3H3,(H,26,29). The number of hydrogen-bond donors (Lipinski definition) is 1. The molecule has 164 valence electrons. The number of nitrogens with one attached hydrogen (secondary N) is 1. The summed E-state index contributed by atoms with van der Waals surface area (Å²) in [7, 11) is 1.56. The molecule has 3 rings (SSSR count). The maximum atomic E-state index is 13.6. The molecule has 0 aliphatic carbocycles. The van der Waals surface area contributed by atoms with Gasteiger partial charge in [-0.2, -0.15) is 18.3 Å². The molecule has 1 N–H and O–H groups in total. The highest BCUT2D eigenvalue weighted by Crippen LogP contribution is 2.33. The van der Waals surface area contributed by atoms with E-state index in [1.165, 1.54) is 22.5 Å². The smallest absolute Gasteiger partial charge is 0.416 e. The second-order valence-electron chi connectivity index (χ2n) is 6.92. The van der Waals surface area contributed by atoms with Gasteiger partial charge in [-0.05, 0) is 61.9 Å². The van der Waals surface area contributed by atoms with Gasteiger partial charge in [-0.3, -0.25) is 4.79 Å². The first-order chi connectivity index (χ1) is 14.7. The number of ether oxygens (including phenoxy) is 1. The number of alkyl halides is 3. The minimum Gasteiger partial charge on any atom is -0.497 e. The first-order valence-corrected chi connectivity index (χ1v) is 10.4. The molecule has 0 aliphatic heterocycles. The summed E-state index contributed by atoms with van der Waals surface area (Å²) in [5, 5.41) is 6.81. The molecule has 1 amide bonds. The van der Waals surface area contributed by atoms with E-state index in [2.05, 4.69) is 10.4 Å². The predicted octanol–water partition coefficient (Wildman–Crippen LogP) is 4.93. The molecule has 0 bridgehead atoms. The maximum Gasteiger partial charge on any atom is 0.416 e. The van der Waals surface area contributed by atoms with Crippen LogP contribution in [-0.2, 0) is 17.5 Å². The number of halogens is 3. The Labute approximate surface area is 182 Å². The minimum absolute atomic E-state index is 0.000536. The Morgan fingerprint density at radius 3 is 2.42 bits per heavy atom. The second-order valence-corrected chi connectivity index (χ2v) is 7.97. The third-order valence-electron chi connectivity index (χ3n) is 4.56. The normalized spacial score (nSPS) is 11.4. The Kier molecular flexibility index (Phi) is 6.94. The van der Waals surface area contributed by atoms with Gasteiger partial charge in [0.25, 0.3) is 0 Å². The summed E-state index contributed by atoms with van der Waals surface area (Å²) in [4.78, 5) is 13.0. The zero-order chi connectivity index (χ0) is 22.6. The number of thioether (sulfide) groups is 1. The maximum absolute atomic E-state index is 13.6. The number of aryl methyl sites for hydroxylation is 2. The van der Waals surface area contributed by atoms with Crippen molar-refractivity contribution >= 4 is 17.7 Å². The molecule has 5 nitrogen and oxygen atoms in total. The lowest BCUT2D eigenvalue weighted by atomic mass is 10.1. The number of benzene rings is 2. The van der Waals surface area contributed by atoms with Crippen molar-refractivity contribution in [3.05, 3.63) is 71.0 Å². The molecule has 9 heteroatoms. The summed E-state index contributed by atoms with van der Waals surface area (Å²) >= 11 is 1.29. The van der Waals surface area contributed by atoms with Crippen molar-refractivity contribution in [3.8, 4) is 11.4 Å². The van der Waals surface area contributed by atoms with Crippen molar-refractivity contribution in [2.75, 3.05) is 12.9 Å². The highest BCUT2D eigenvalue weighted by atomic mass is 32.2. The van der Waals surface area contributed by atoms with E-state index in [1.807, 2.05) is 12.1 Å². The van der Waals surface area contributed by atoms with Gasteiger partial charge in [-0.25, -0.2) is 4.68 Å². The number of aromatic nitrogens is 2. The molecular formula is C22H22F3N3O2S. The first-order valence-electron chi connectivity index (χ1n) is 9.44. The lowest BCUT2D eigenvalue weighted by Gasteiger charge is -2.16. The number of nitrogens with zero attached hydrogens (tertiary/aromatic N) is 2. The Balaban J connectivity index is 1.68. The van der Waals surface area contributed by atoms with Gasteiger partial charge < -0.3 is 10.1 Å². The molecular weight excluding hydrogens is 427 g/mol. The molecule has 1 aromatic heterocycles. The lowest BCUT2D eigenvalue weighted by molar-refractivity contribution is -0.138. The molecule has 3 aromatic rings. The Morgan fingerprint density at radius 2 is 1.84 bits per heavy atom. The van der Waals surface area contributed by atoms with Crippen molar-refractivity contribution < 1.29 is 22.7 Å². The van der Waals surface area contributed by atoms with Gasteiger partial charge in [0.1, 0.15) is 5.75 Å². The lowest BCUT2D eigenvalue weighted by Crippen LogP contribution is -2.26. The van der Waals surface area contributed by atoms with Crippen LogP contribution in [0.5, 0.6) is 5.75 Å². The van der Waals surface area contributed by atoms with Gasteiger partial charge in [0.05, 0.1) is 29.8 Å². The average molecular weight is 449 g/mol. The molecule has 0 unspecified atom stereocenters. The second kappa shape index (κ2) is 9.47. The number of carbonyl (C=O) groups excluding carboxylic acids is 1. The average Bonchev–Trinajstić information content (AvgIpc) is 3.08. The van der Waals surface area contributed by atoms with Crippen LogP contribution in [-0.4, -0.2) is 28.6 Å². The SMILES string of the molecule is COc1ccc(SCC(=O)NCc2ccc(-n3nc(C)cc3C)cc2C(F)(F)F)cc1. The van der Waals surface area contributed by atoms with Crippen molar-refractivity contribution in [1.29, 1.82) is 0 Å². The first kappa shape index (κ1) is 22.7. The van der Waals surface area contributed by atoms with Crippen LogP contribution in [0, 0.1) is 13.8 Å². The van der Waals surface area contributed by atoms with Gasteiger partial charge in [0, 0.05) is 17.1 Å². The fourth-order valence-corrected chi connectivity index (χ4v) is 3.80. The van der Waals surface area contributed by atoms with E-state index in [0.717, 1.165) is 22.3 Å². The van der Waals surface area contributed by atoms with Crippen molar-refractivity contribution in [2.24, 2.45) is 0 Å². The number of carbonyl (C=O) groups is 1. The summed E-state index contributed by atoms with van der Waals surface area (Å²) in [6.07, 6.45) is -4.55. The Morgan fingerprint density at radius 1 is 1.13 bits per heavy atom. The molecule has 0 radical (unpaired) electrons. The van der Waals surface area contributed by atoms with Gasteiger partial charge >= 0.3 is 6.18 Å². The fourth-order valence-electron chi connectivity index (χ4n) is 3.07. The summed E-state index contributed by atoms with van der Waals surface area (Å²) < 4.78 is 47.5. The predicted molar refractivity (Wildman–Crippen MR) is 114 cm³/mol. The Hall–Kier alpha value is -2.94. The third kappa shape index (κ3) is 5.81. The van der Waals surface area contributed by atoms with Crippen LogP contribution in [0.4, 0.5) is 13.2 Å². The van der Waals surface area contributed by atoms with Crippen LogP contribution in [0.3, 0.4) is 0 Å². The molecule has 0 atom stereocenters. The molecule has 1 heterocycles. The number of methoxy groups -OCH3 is 1. The molecule has 0 saturated heterocycles. The molecule has 0 saturated carbocycles. The van der Waals surface area contributed by atoms with Gasteiger partial charge in [-0.1, -0.05) is 6.07 Å². The van der Waals surface area contributed by atoms with E-state index >= 15 is 0 Å². The van der Waals surface area contributed by atoms with Crippen LogP contribution in [0.2, 0.25) is 0 Å². The van der Waals surface area contributed by atoms with Crippen molar-refractivity contribution in [1.82, 2.24) is 15.1 Å². The van der Waals surface area contributed by atoms with Crippen LogP contribution in [0.15, 0.2) is 53.4 Å². The summed E-state index contributed by atoms with van der Waals surface area (Å²) in [5.41, 5.74) is 0.989. The van der Waals surface area contributed by atoms with E-state index in [-0.39, 0.29) is 23.8 Å². The van der Waals surface area contributed by atoms with E-state index in [0.29, 0.717) is 11.4 Å². The monoisotopic (exact) mass is 449 g/mol. The van der Waals surface area contributed by atoms with E-state index < -0.39 is 11.7 Å². The number of hydrogen-bond acceptors (Lipinski definition) is 4. The Bertz CT molecular complexity index is 1060. The number of amides is 1. The van der Waals surface area contributed by atoms with E-state index in [4.69, 9.17) is 4.74 Å². The summed E-state index contributed by atoms with van der Waals surface area (Å²) in [6.45, 7) is 3.35. The largest absolute Gasteiger partial charge is 0.497 e. The topological polar surface area (TPSA) is 56.1 Å². The summed E-state index contributed by atoms with van der Waals surface area (Å²) in [6, 6.07) is 13.0. The molecule has 31 heavy (non-hydrogen) atoms. The highest BCUT2D eigenvalue weighted by Gasteiger charge is 2.34. The fraction of sp³-hybridized carbons (Fsp3) is 0.273. The number of rotatable bonds is 7. The quantitative estimate of drug-likeness (QED) is 0.520. The third-order valence-corrected chi connectivity index (χ3v) is 5.57. The van der Waals surface area contributed by atoms with Crippen molar-refractivity contribution in [3.63, 3.8) is 0 Å². The molecule has 0 aliphatic rings. The van der Waals surface area contributed by atoms with Crippen LogP contribution in [0.1, 0.15) is 22.5 Å². The van der Waals surface area contributed by atoms with E-state index in [1.54, 1.807) is 45.2 Å². The van der Waals surface area contributed by atoms with Gasteiger partial charge in [0.15, 0.2) is 0 Å². The minimum atomic E-state index is -4.55. The van der Waals surface area contributed by atoms with E-state index in [9.17, 15) is 18.0 Å². The zero-order valence-electron chi connectivity index (χ0n) is 17.3. The summed E-state index contributed by atoms with van der Waals surface area (Å²) in [5.74, 6) is 0.450. The van der Waals surface area contributed by atoms with Gasteiger partial charge in [-0.15, -0.1) is 11.8 Å². The van der Waals surface area contributed by atoms with Gasteiger partial charge in [0.2, 0.25) is 5.91 Å².